The predicted octanol–water partition coefficient (Wildman–Crippen LogP) is 14.0. The molecule has 0 spiro atoms. The molecule has 242 valence electrons. The molecule has 3 nitrogen and oxygen atoms in total. The van der Waals surface area contributed by atoms with E-state index in [1.165, 1.54) is 22.3 Å². The summed E-state index contributed by atoms with van der Waals surface area (Å²) >= 11 is 0. The van der Waals surface area contributed by atoms with Crippen LogP contribution in [0.3, 0.4) is 0 Å². The van der Waals surface area contributed by atoms with Crippen LogP contribution < -0.4 is 5.32 Å². The molecule has 0 radical (unpaired) electrons. The van der Waals surface area contributed by atoms with Crippen molar-refractivity contribution >= 4 is 60.8 Å². The molecule has 51 heavy (non-hydrogen) atoms. The number of nitrogens with one attached hydrogen (secondary N) is 1. The maximum Gasteiger partial charge on any atom is 0.137 e. The van der Waals surface area contributed by atoms with Gasteiger partial charge in [-0.2, -0.15) is 0 Å². The quantitative estimate of drug-likeness (QED) is 0.194. The number of rotatable bonds is 6. The third-order valence-corrected chi connectivity index (χ3v) is 10.2. The lowest BCUT2D eigenvalue weighted by Crippen LogP contribution is -1.91. The highest BCUT2D eigenvalue weighted by molar-refractivity contribution is 6.17. The van der Waals surface area contributed by atoms with Gasteiger partial charge in [-0.1, -0.05) is 115 Å². The molecule has 0 fully saturated rings. The maximum absolute atomic E-state index is 6.46. The first-order valence-electron chi connectivity index (χ1n) is 17.6. The van der Waals surface area contributed by atoms with Crippen molar-refractivity contribution in [3.8, 4) is 33.4 Å². The van der Waals surface area contributed by atoms with Crippen molar-refractivity contribution in [1.82, 2.24) is 0 Å². The Balaban J connectivity index is 0.987. The minimum atomic E-state index is 0.860. The van der Waals surface area contributed by atoms with Gasteiger partial charge in [-0.3, -0.25) is 0 Å². The van der Waals surface area contributed by atoms with Gasteiger partial charge in [0.15, 0.2) is 0 Å². The topological polar surface area (TPSA) is 38.3 Å². The molecule has 0 amide bonds. The van der Waals surface area contributed by atoms with Crippen LogP contribution in [-0.2, 0) is 0 Å². The van der Waals surface area contributed by atoms with E-state index < -0.39 is 0 Å². The molecular weight excluding hydrogens is 623 g/mol. The van der Waals surface area contributed by atoms with E-state index >= 15 is 0 Å². The normalized spacial score (nSPS) is 13.0. The van der Waals surface area contributed by atoms with Crippen LogP contribution in [0.5, 0.6) is 0 Å². The summed E-state index contributed by atoms with van der Waals surface area (Å²) in [6.07, 6.45) is 8.83. The smallest absolute Gasteiger partial charge is 0.137 e. The second-order valence-corrected chi connectivity index (χ2v) is 13.3. The van der Waals surface area contributed by atoms with Gasteiger partial charge >= 0.3 is 0 Å². The fourth-order valence-corrected chi connectivity index (χ4v) is 7.60. The fourth-order valence-electron chi connectivity index (χ4n) is 7.60. The molecule has 2 heterocycles. The third-order valence-electron chi connectivity index (χ3n) is 10.2. The van der Waals surface area contributed by atoms with Gasteiger partial charge in [0.1, 0.15) is 22.3 Å². The largest absolute Gasteiger partial charge is 0.456 e. The fraction of sp³-hybridized carbons (Fsp3) is 0.0417. The summed E-state index contributed by atoms with van der Waals surface area (Å²) < 4.78 is 12.5. The number of benzene rings is 7. The molecule has 1 N–H and O–H groups in total. The van der Waals surface area contributed by atoms with Gasteiger partial charge in [-0.15, -0.1) is 0 Å². The molecule has 9 aromatic rings. The van der Waals surface area contributed by atoms with Gasteiger partial charge in [0, 0.05) is 21.8 Å². The molecule has 0 saturated carbocycles. The minimum absolute atomic E-state index is 0.860. The zero-order valence-electron chi connectivity index (χ0n) is 27.9. The summed E-state index contributed by atoms with van der Waals surface area (Å²) in [5, 5.41) is 8.18. The highest BCUT2D eigenvalue weighted by Crippen LogP contribution is 2.42. The molecule has 10 rings (SSSR count). The highest BCUT2D eigenvalue weighted by atomic mass is 16.3. The van der Waals surface area contributed by atoms with Gasteiger partial charge in [-0.05, 0) is 112 Å². The maximum atomic E-state index is 6.46. The number of anilines is 2. The number of hydrogen-bond acceptors (Lipinski definition) is 3. The second-order valence-electron chi connectivity index (χ2n) is 13.3. The Labute approximate surface area is 295 Å². The van der Waals surface area contributed by atoms with E-state index in [-0.39, 0.29) is 0 Å². The monoisotopic (exact) mass is 655 g/mol. The molecule has 0 bridgehead atoms. The Morgan fingerprint density at radius 3 is 1.94 bits per heavy atom. The van der Waals surface area contributed by atoms with Gasteiger partial charge in [0.05, 0.1) is 11.1 Å². The van der Waals surface area contributed by atoms with Crippen molar-refractivity contribution in [3.05, 3.63) is 175 Å². The first-order valence-corrected chi connectivity index (χ1v) is 17.6. The van der Waals surface area contributed by atoms with E-state index in [0.717, 1.165) is 90.3 Å². The van der Waals surface area contributed by atoms with Crippen LogP contribution in [0.4, 0.5) is 11.4 Å². The van der Waals surface area contributed by atoms with E-state index in [0.29, 0.717) is 0 Å². The van der Waals surface area contributed by atoms with Crippen molar-refractivity contribution in [3.63, 3.8) is 0 Å². The van der Waals surface area contributed by atoms with Gasteiger partial charge in [-0.25, -0.2) is 0 Å². The summed E-state index contributed by atoms with van der Waals surface area (Å²) in [5.74, 6) is 0. The second kappa shape index (κ2) is 12.1. The van der Waals surface area contributed by atoms with Gasteiger partial charge in [0.25, 0.3) is 0 Å². The summed E-state index contributed by atoms with van der Waals surface area (Å²) in [6, 6.07) is 53.7. The average molecular weight is 656 g/mol. The third kappa shape index (κ3) is 5.22. The van der Waals surface area contributed by atoms with Crippen LogP contribution in [0.25, 0.3) is 82.8 Å². The van der Waals surface area contributed by atoms with Crippen LogP contribution in [0.15, 0.2) is 179 Å². The number of hydrogen-bond donors (Lipinski definition) is 1. The summed E-state index contributed by atoms with van der Waals surface area (Å²) in [4.78, 5) is 0. The van der Waals surface area contributed by atoms with Crippen molar-refractivity contribution in [1.29, 1.82) is 0 Å². The molecule has 1 aliphatic rings. The highest BCUT2D eigenvalue weighted by Gasteiger charge is 2.17. The van der Waals surface area contributed by atoms with Crippen molar-refractivity contribution in [2.75, 3.05) is 5.32 Å². The molecule has 7 aromatic carbocycles. The number of para-hydroxylation sites is 1. The van der Waals surface area contributed by atoms with Gasteiger partial charge < -0.3 is 14.2 Å². The standard InChI is InChI=1S/C48H33NO2/c1-2-9-31(10-3-1)32-19-21-33(22-20-32)35-11-6-12-37(29-35)39-14-7-17-45-47(39)48-42(15-8-18-46(48)51-45)49-38-26-23-34(24-27-38)36-25-28-44-41(30-36)40-13-4-5-16-43(40)50-44/h1-2,4-9,11-30,49H,3,10H2. The number of furan rings is 2. The molecule has 2 aromatic heterocycles. The van der Waals surface area contributed by atoms with Crippen molar-refractivity contribution < 1.29 is 8.83 Å². The SMILES string of the molecule is C1=CCCC(c2ccc(-c3cccc(-c4cccc5oc6cccc(Nc7ccc(-c8ccc9oc%10ccccc%10c9c8)cc7)c6c45)c3)cc2)=C1. The zero-order chi connectivity index (χ0) is 33.7. The molecule has 3 heteroatoms. The summed E-state index contributed by atoms with van der Waals surface area (Å²) in [6.45, 7) is 0. The zero-order valence-corrected chi connectivity index (χ0v) is 27.9. The molecular formula is C48H33NO2. The Kier molecular flexibility index (Phi) is 6.95. The van der Waals surface area contributed by atoms with Crippen LogP contribution in [-0.4, -0.2) is 0 Å². The Morgan fingerprint density at radius 1 is 0.451 bits per heavy atom. The minimum Gasteiger partial charge on any atom is -0.456 e. The molecule has 0 saturated heterocycles. The molecule has 0 unspecified atom stereocenters. The van der Waals surface area contributed by atoms with E-state index in [1.807, 2.05) is 12.1 Å². The Morgan fingerprint density at radius 2 is 1.10 bits per heavy atom. The van der Waals surface area contributed by atoms with E-state index in [1.54, 1.807) is 0 Å². The van der Waals surface area contributed by atoms with Crippen LogP contribution >= 0.6 is 0 Å². The summed E-state index contributed by atoms with van der Waals surface area (Å²) in [5.41, 5.74) is 15.3. The lowest BCUT2D eigenvalue weighted by atomic mass is 9.93. The molecule has 0 atom stereocenters. The lowest BCUT2D eigenvalue weighted by molar-refractivity contribution is 0.668. The van der Waals surface area contributed by atoms with E-state index in [2.05, 4.69) is 163 Å². The van der Waals surface area contributed by atoms with Crippen LogP contribution in [0.1, 0.15) is 18.4 Å². The summed E-state index contributed by atoms with van der Waals surface area (Å²) in [7, 11) is 0. The van der Waals surface area contributed by atoms with Gasteiger partial charge in [0.2, 0.25) is 0 Å². The van der Waals surface area contributed by atoms with Crippen molar-refractivity contribution in [2.24, 2.45) is 0 Å². The Hall–Kier alpha value is -6.58. The average Bonchev–Trinajstić information content (AvgIpc) is 3.77. The van der Waals surface area contributed by atoms with E-state index in [4.69, 9.17) is 8.83 Å². The molecule has 1 aliphatic carbocycles. The predicted molar refractivity (Wildman–Crippen MR) is 213 cm³/mol. The van der Waals surface area contributed by atoms with Crippen molar-refractivity contribution in [2.45, 2.75) is 12.8 Å². The van der Waals surface area contributed by atoms with E-state index in [9.17, 15) is 0 Å². The van der Waals surface area contributed by atoms with Crippen LogP contribution in [0, 0.1) is 0 Å². The Bertz CT molecular complexity index is 2810. The number of fused-ring (bicyclic) bond motifs is 6. The first-order chi connectivity index (χ1) is 25.2. The lowest BCUT2D eigenvalue weighted by Gasteiger charge is -2.12. The van der Waals surface area contributed by atoms with Crippen LogP contribution in [0.2, 0.25) is 0 Å². The number of allylic oxidation sites excluding steroid dienone is 4. The molecule has 0 aliphatic heterocycles. The first kappa shape index (κ1) is 29.3.